The largest absolute Gasteiger partial charge is 0.350 e. The molecule has 0 amide bonds. The van der Waals surface area contributed by atoms with Crippen LogP contribution < -0.4 is 4.90 Å². The van der Waals surface area contributed by atoms with Crippen molar-refractivity contribution in [3.05, 3.63) is 11.6 Å². The Morgan fingerprint density at radius 2 is 2.64 bits per heavy atom. The average Bonchev–Trinajstić information content (AvgIpc) is 2.52. The standard InChI is InChI=1S/C7H9N3S/c1-10(5-2-3-8)7-9-4-6-11-7/h4,6H,2,5H2,1H3. The molecule has 0 N–H and O–H groups in total. The quantitative estimate of drug-likeness (QED) is 0.684. The molecule has 0 bridgehead atoms. The van der Waals surface area contributed by atoms with Gasteiger partial charge in [0, 0.05) is 25.2 Å². The fraction of sp³-hybridized carbons (Fsp3) is 0.429. The van der Waals surface area contributed by atoms with Crippen molar-refractivity contribution in [1.29, 1.82) is 5.26 Å². The minimum atomic E-state index is 0.552. The molecule has 1 rings (SSSR count). The van der Waals surface area contributed by atoms with E-state index in [9.17, 15) is 0 Å². The van der Waals surface area contributed by atoms with Crippen LogP contribution in [0, 0.1) is 11.3 Å². The highest BCUT2D eigenvalue weighted by Crippen LogP contribution is 2.14. The van der Waals surface area contributed by atoms with Gasteiger partial charge in [0.25, 0.3) is 0 Å². The molecular weight excluding hydrogens is 158 g/mol. The SMILES string of the molecule is CN(CCC#N)c1nccs1. The zero-order valence-electron chi connectivity index (χ0n) is 6.32. The van der Waals surface area contributed by atoms with E-state index in [1.165, 1.54) is 0 Å². The summed E-state index contributed by atoms with van der Waals surface area (Å²) in [6.07, 6.45) is 2.32. The van der Waals surface area contributed by atoms with Crippen LogP contribution in [0.25, 0.3) is 0 Å². The van der Waals surface area contributed by atoms with E-state index < -0.39 is 0 Å². The van der Waals surface area contributed by atoms with Crippen molar-refractivity contribution in [3.8, 4) is 6.07 Å². The molecule has 1 aromatic rings. The molecule has 0 aromatic carbocycles. The summed E-state index contributed by atoms with van der Waals surface area (Å²) in [5, 5.41) is 11.2. The van der Waals surface area contributed by atoms with Crippen LogP contribution in [0.2, 0.25) is 0 Å². The molecular formula is C7H9N3S. The van der Waals surface area contributed by atoms with Gasteiger partial charge in [0.15, 0.2) is 5.13 Å². The summed E-state index contributed by atoms with van der Waals surface area (Å²) in [6, 6.07) is 2.10. The lowest BCUT2D eigenvalue weighted by molar-refractivity contribution is 0.899. The molecule has 0 spiro atoms. The second-order valence-electron chi connectivity index (χ2n) is 2.14. The van der Waals surface area contributed by atoms with Gasteiger partial charge in [0.1, 0.15) is 0 Å². The van der Waals surface area contributed by atoms with Crippen LogP contribution in [0.5, 0.6) is 0 Å². The Hall–Kier alpha value is -1.08. The van der Waals surface area contributed by atoms with Crippen molar-refractivity contribution in [2.24, 2.45) is 0 Å². The van der Waals surface area contributed by atoms with E-state index in [1.54, 1.807) is 17.5 Å². The zero-order chi connectivity index (χ0) is 8.10. The van der Waals surface area contributed by atoms with Crippen molar-refractivity contribution in [2.45, 2.75) is 6.42 Å². The predicted octanol–water partition coefficient (Wildman–Crippen LogP) is 1.49. The number of nitrogens with zero attached hydrogens (tertiary/aromatic N) is 3. The third-order valence-corrected chi connectivity index (χ3v) is 2.19. The van der Waals surface area contributed by atoms with Gasteiger partial charge in [-0.05, 0) is 0 Å². The molecule has 4 heteroatoms. The fourth-order valence-electron chi connectivity index (χ4n) is 0.718. The highest BCUT2D eigenvalue weighted by atomic mass is 32.1. The lowest BCUT2D eigenvalue weighted by atomic mass is 10.4. The van der Waals surface area contributed by atoms with E-state index >= 15 is 0 Å². The molecule has 0 aliphatic heterocycles. The van der Waals surface area contributed by atoms with Gasteiger partial charge in [0.05, 0.1) is 12.5 Å². The molecule has 0 saturated heterocycles. The highest BCUT2D eigenvalue weighted by Gasteiger charge is 2.00. The zero-order valence-corrected chi connectivity index (χ0v) is 7.14. The van der Waals surface area contributed by atoms with Crippen LogP contribution in [0.3, 0.4) is 0 Å². The second-order valence-corrected chi connectivity index (χ2v) is 3.02. The van der Waals surface area contributed by atoms with Crippen LogP contribution in [0.4, 0.5) is 5.13 Å². The van der Waals surface area contributed by atoms with Gasteiger partial charge in [0.2, 0.25) is 0 Å². The van der Waals surface area contributed by atoms with Gasteiger partial charge >= 0.3 is 0 Å². The van der Waals surface area contributed by atoms with Gasteiger partial charge in [-0.25, -0.2) is 4.98 Å². The third-order valence-electron chi connectivity index (χ3n) is 1.30. The Kier molecular flexibility index (Phi) is 2.87. The number of aromatic nitrogens is 1. The topological polar surface area (TPSA) is 39.9 Å². The van der Waals surface area contributed by atoms with Gasteiger partial charge in [-0.1, -0.05) is 0 Å². The summed E-state index contributed by atoms with van der Waals surface area (Å²) in [5.41, 5.74) is 0. The Morgan fingerprint density at radius 1 is 1.82 bits per heavy atom. The van der Waals surface area contributed by atoms with Crippen molar-refractivity contribution in [3.63, 3.8) is 0 Å². The van der Waals surface area contributed by atoms with Gasteiger partial charge in [-0.3, -0.25) is 0 Å². The van der Waals surface area contributed by atoms with Crippen molar-refractivity contribution in [1.82, 2.24) is 4.98 Å². The smallest absolute Gasteiger partial charge is 0.184 e. The average molecular weight is 167 g/mol. The van der Waals surface area contributed by atoms with Gasteiger partial charge < -0.3 is 4.90 Å². The molecule has 0 aliphatic rings. The lowest BCUT2D eigenvalue weighted by Gasteiger charge is -2.12. The lowest BCUT2D eigenvalue weighted by Crippen LogP contribution is -2.17. The van der Waals surface area contributed by atoms with Crippen LogP contribution in [0.15, 0.2) is 11.6 Å². The molecule has 1 aromatic heterocycles. The summed E-state index contributed by atoms with van der Waals surface area (Å²) in [6.45, 7) is 0.754. The molecule has 1 heterocycles. The molecule has 11 heavy (non-hydrogen) atoms. The molecule has 0 saturated carbocycles. The summed E-state index contributed by atoms with van der Waals surface area (Å²) >= 11 is 1.59. The normalized spacial score (nSPS) is 9.09. The fourth-order valence-corrected chi connectivity index (χ4v) is 1.35. The number of thiazole rings is 1. The van der Waals surface area contributed by atoms with E-state index in [2.05, 4.69) is 11.1 Å². The maximum absolute atomic E-state index is 8.32. The molecule has 0 atom stereocenters. The molecule has 58 valence electrons. The van der Waals surface area contributed by atoms with Crippen LogP contribution >= 0.6 is 11.3 Å². The number of hydrogen-bond acceptors (Lipinski definition) is 4. The molecule has 0 fully saturated rings. The number of nitriles is 1. The Morgan fingerprint density at radius 3 is 3.18 bits per heavy atom. The monoisotopic (exact) mass is 167 g/mol. The predicted molar refractivity (Wildman–Crippen MR) is 45.6 cm³/mol. The first-order valence-electron chi connectivity index (χ1n) is 3.32. The van der Waals surface area contributed by atoms with Crippen molar-refractivity contribution >= 4 is 16.5 Å². The summed E-state index contributed by atoms with van der Waals surface area (Å²) in [4.78, 5) is 6.08. The first kappa shape index (κ1) is 8.02. The van der Waals surface area contributed by atoms with E-state index in [1.807, 2.05) is 17.3 Å². The molecule has 0 radical (unpaired) electrons. The Balaban J connectivity index is 2.44. The van der Waals surface area contributed by atoms with Crippen LogP contribution in [0.1, 0.15) is 6.42 Å². The minimum absolute atomic E-state index is 0.552. The summed E-state index contributed by atoms with van der Waals surface area (Å²) < 4.78 is 0. The summed E-state index contributed by atoms with van der Waals surface area (Å²) in [7, 11) is 1.94. The number of rotatable bonds is 3. The van der Waals surface area contributed by atoms with E-state index in [-0.39, 0.29) is 0 Å². The number of hydrogen-bond donors (Lipinski definition) is 0. The first-order chi connectivity index (χ1) is 5.34. The summed E-state index contributed by atoms with van der Waals surface area (Å²) in [5.74, 6) is 0. The Labute approximate surface area is 69.9 Å². The first-order valence-corrected chi connectivity index (χ1v) is 4.20. The highest BCUT2D eigenvalue weighted by molar-refractivity contribution is 7.13. The molecule has 0 aliphatic carbocycles. The number of anilines is 1. The van der Waals surface area contributed by atoms with Crippen molar-refractivity contribution < 1.29 is 0 Å². The maximum atomic E-state index is 8.32. The van der Waals surface area contributed by atoms with Crippen LogP contribution in [-0.2, 0) is 0 Å². The van der Waals surface area contributed by atoms with Crippen LogP contribution in [-0.4, -0.2) is 18.6 Å². The molecule has 0 unspecified atom stereocenters. The minimum Gasteiger partial charge on any atom is -0.350 e. The van der Waals surface area contributed by atoms with E-state index in [0.29, 0.717) is 6.42 Å². The van der Waals surface area contributed by atoms with E-state index in [0.717, 1.165) is 11.7 Å². The maximum Gasteiger partial charge on any atom is 0.184 e. The van der Waals surface area contributed by atoms with E-state index in [4.69, 9.17) is 5.26 Å². The molecule has 3 nitrogen and oxygen atoms in total. The van der Waals surface area contributed by atoms with Gasteiger partial charge in [-0.2, -0.15) is 5.26 Å². The third kappa shape index (κ3) is 2.20. The second kappa shape index (κ2) is 3.94. The van der Waals surface area contributed by atoms with Gasteiger partial charge in [-0.15, -0.1) is 11.3 Å². The Bertz CT molecular complexity index is 237. The van der Waals surface area contributed by atoms with Crippen molar-refractivity contribution in [2.75, 3.05) is 18.5 Å².